The van der Waals surface area contributed by atoms with E-state index in [9.17, 15) is 9.59 Å². The molecule has 2 heterocycles. The second kappa shape index (κ2) is 6.84. The number of ether oxygens (including phenoxy) is 2. The number of pyridine rings is 1. The summed E-state index contributed by atoms with van der Waals surface area (Å²) in [5, 5.41) is 9.16. The number of nitrogens with zero attached hydrogens (tertiary/aromatic N) is 2. The summed E-state index contributed by atoms with van der Waals surface area (Å²) in [6.07, 6.45) is 4.50. The Morgan fingerprint density at radius 3 is 2.71 bits per heavy atom. The van der Waals surface area contributed by atoms with E-state index in [1.165, 1.54) is 16.7 Å². The van der Waals surface area contributed by atoms with Gasteiger partial charge >= 0.3 is 5.97 Å². The molecule has 0 saturated heterocycles. The smallest absolute Gasteiger partial charge is 0.337 e. The van der Waals surface area contributed by atoms with Crippen molar-refractivity contribution in [2.75, 3.05) is 14.2 Å². The summed E-state index contributed by atoms with van der Waals surface area (Å²) in [4.78, 5) is 28.7. The number of methoxy groups -OCH3 is 2. The number of hydrogen-bond donors (Lipinski definition) is 1. The van der Waals surface area contributed by atoms with Crippen LogP contribution in [0.1, 0.15) is 33.6 Å². The Morgan fingerprint density at radius 1 is 1.18 bits per heavy atom. The molecule has 0 saturated carbocycles. The molecule has 0 spiro atoms. The average Bonchev–Trinajstić information content (AvgIpc) is 3.10. The van der Waals surface area contributed by atoms with E-state index in [2.05, 4.69) is 4.98 Å². The molecular formula is C21H18N2O5. The molecule has 28 heavy (non-hydrogen) atoms. The van der Waals surface area contributed by atoms with Crippen molar-refractivity contribution in [3.63, 3.8) is 0 Å². The third kappa shape index (κ3) is 2.90. The van der Waals surface area contributed by atoms with Crippen LogP contribution < -0.4 is 15.0 Å². The van der Waals surface area contributed by atoms with Crippen LogP contribution in [0.15, 0.2) is 41.3 Å². The molecule has 3 aromatic rings. The topological polar surface area (TPSA) is 90.1 Å². The van der Waals surface area contributed by atoms with Gasteiger partial charge in [0.1, 0.15) is 17.1 Å². The number of aromatic nitrogens is 2. The van der Waals surface area contributed by atoms with Gasteiger partial charge in [-0.05, 0) is 54.8 Å². The van der Waals surface area contributed by atoms with Gasteiger partial charge in [-0.1, -0.05) is 0 Å². The first kappa shape index (κ1) is 17.8. The zero-order valence-corrected chi connectivity index (χ0v) is 15.4. The molecule has 0 bridgehead atoms. The first-order valence-corrected chi connectivity index (χ1v) is 8.73. The van der Waals surface area contributed by atoms with Crippen LogP contribution in [0.3, 0.4) is 0 Å². The van der Waals surface area contributed by atoms with Gasteiger partial charge in [0.2, 0.25) is 0 Å². The Kier molecular flexibility index (Phi) is 4.35. The van der Waals surface area contributed by atoms with Crippen LogP contribution in [0.25, 0.3) is 17.3 Å². The molecule has 1 aromatic carbocycles. The normalized spacial score (nSPS) is 14.3. The predicted molar refractivity (Wildman–Crippen MR) is 104 cm³/mol. The molecule has 0 radical (unpaired) electrons. The third-order valence-electron chi connectivity index (χ3n) is 4.88. The van der Waals surface area contributed by atoms with Crippen molar-refractivity contribution in [1.29, 1.82) is 0 Å². The number of benzene rings is 1. The summed E-state index contributed by atoms with van der Waals surface area (Å²) in [7, 11) is 3.20. The molecule has 0 aliphatic heterocycles. The standard InChI is InChI=1S/C21H18N2O5/c1-27-15-5-7-17(28-2)14(10-15)9-12-3-6-16-19(12)22-18-8-4-13(21(25)26)11-23(18)20(16)24/h4-5,7-11H,3,6H2,1-2H3,(H,25,26). The molecule has 0 atom stereocenters. The van der Waals surface area contributed by atoms with Gasteiger partial charge in [0.25, 0.3) is 5.56 Å². The minimum atomic E-state index is -1.08. The summed E-state index contributed by atoms with van der Waals surface area (Å²) < 4.78 is 12.0. The van der Waals surface area contributed by atoms with E-state index in [0.717, 1.165) is 11.1 Å². The maximum absolute atomic E-state index is 12.9. The molecule has 1 aliphatic rings. The van der Waals surface area contributed by atoms with Crippen molar-refractivity contribution in [3.05, 3.63) is 69.3 Å². The fourth-order valence-electron chi connectivity index (χ4n) is 3.45. The number of carbonyl (C=O) groups is 1. The lowest BCUT2D eigenvalue weighted by atomic mass is 10.1. The Bertz CT molecular complexity index is 1190. The van der Waals surface area contributed by atoms with Crippen molar-refractivity contribution in [2.24, 2.45) is 0 Å². The largest absolute Gasteiger partial charge is 0.497 e. The van der Waals surface area contributed by atoms with Gasteiger partial charge in [0.15, 0.2) is 0 Å². The van der Waals surface area contributed by atoms with Crippen LogP contribution in [0.5, 0.6) is 11.5 Å². The molecule has 0 amide bonds. The van der Waals surface area contributed by atoms with Crippen LogP contribution in [-0.4, -0.2) is 34.7 Å². The van der Waals surface area contributed by atoms with Crippen molar-refractivity contribution in [2.45, 2.75) is 12.8 Å². The van der Waals surface area contributed by atoms with E-state index >= 15 is 0 Å². The van der Waals surface area contributed by atoms with Crippen molar-refractivity contribution in [3.8, 4) is 11.5 Å². The van der Waals surface area contributed by atoms with Gasteiger partial charge in [0.05, 0.1) is 25.5 Å². The van der Waals surface area contributed by atoms with Gasteiger partial charge in [-0.25, -0.2) is 9.78 Å². The van der Waals surface area contributed by atoms with Gasteiger partial charge in [-0.15, -0.1) is 0 Å². The predicted octanol–water partition coefficient (Wildman–Crippen LogP) is 2.90. The van der Waals surface area contributed by atoms with E-state index in [1.807, 2.05) is 24.3 Å². The number of allylic oxidation sites excluding steroid dienone is 1. The van der Waals surface area contributed by atoms with E-state index in [4.69, 9.17) is 14.6 Å². The number of fused-ring (bicyclic) bond motifs is 2. The van der Waals surface area contributed by atoms with Crippen molar-refractivity contribution >= 4 is 23.3 Å². The van der Waals surface area contributed by atoms with Crippen LogP contribution in [0, 0.1) is 0 Å². The summed E-state index contributed by atoms with van der Waals surface area (Å²) in [6.45, 7) is 0. The van der Waals surface area contributed by atoms with Gasteiger partial charge in [-0.2, -0.15) is 0 Å². The fourth-order valence-corrected chi connectivity index (χ4v) is 3.45. The fraction of sp³-hybridized carbons (Fsp3) is 0.190. The number of carboxylic acids is 1. The van der Waals surface area contributed by atoms with E-state index in [1.54, 1.807) is 20.3 Å². The molecule has 7 nitrogen and oxygen atoms in total. The average molecular weight is 378 g/mol. The minimum absolute atomic E-state index is 0.0474. The van der Waals surface area contributed by atoms with Crippen LogP contribution in [0.2, 0.25) is 0 Å². The van der Waals surface area contributed by atoms with Crippen LogP contribution in [-0.2, 0) is 6.42 Å². The summed E-state index contributed by atoms with van der Waals surface area (Å²) >= 11 is 0. The maximum atomic E-state index is 12.9. The number of aromatic carboxylic acids is 1. The zero-order valence-electron chi connectivity index (χ0n) is 15.4. The monoisotopic (exact) mass is 378 g/mol. The molecule has 2 aromatic heterocycles. The van der Waals surface area contributed by atoms with Crippen LogP contribution in [0.4, 0.5) is 0 Å². The number of carboxylic acid groups (broad SMARTS) is 1. The molecular weight excluding hydrogens is 360 g/mol. The van der Waals surface area contributed by atoms with E-state index < -0.39 is 5.97 Å². The maximum Gasteiger partial charge on any atom is 0.337 e. The third-order valence-corrected chi connectivity index (χ3v) is 4.88. The quantitative estimate of drug-likeness (QED) is 0.751. The van der Waals surface area contributed by atoms with E-state index in [-0.39, 0.29) is 11.1 Å². The lowest BCUT2D eigenvalue weighted by Crippen LogP contribution is -2.20. The molecule has 4 rings (SSSR count). The molecule has 0 fully saturated rings. The Labute approximate surface area is 160 Å². The first-order chi connectivity index (χ1) is 13.5. The van der Waals surface area contributed by atoms with Gasteiger partial charge in [0, 0.05) is 17.3 Å². The molecule has 0 unspecified atom stereocenters. The lowest BCUT2D eigenvalue weighted by molar-refractivity contribution is 0.0696. The highest BCUT2D eigenvalue weighted by molar-refractivity contribution is 5.88. The summed E-state index contributed by atoms with van der Waals surface area (Å²) in [6, 6.07) is 8.52. The highest BCUT2D eigenvalue weighted by Gasteiger charge is 2.23. The van der Waals surface area contributed by atoms with Crippen LogP contribution >= 0.6 is 0 Å². The molecule has 1 aliphatic carbocycles. The summed E-state index contributed by atoms with van der Waals surface area (Å²) in [5.74, 6) is 0.323. The molecule has 142 valence electrons. The highest BCUT2D eigenvalue weighted by Crippen LogP contribution is 2.34. The second-order valence-corrected chi connectivity index (χ2v) is 6.47. The van der Waals surface area contributed by atoms with Gasteiger partial charge in [-0.3, -0.25) is 9.20 Å². The zero-order chi connectivity index (χ0) is 19.8. The van der Waals surface area contributed by atoms with Crippen molar-refractivity contribution < 1.29 is 19.4 Å². The van der Waals surface area contributed by atoms with Gasteiger partial charge < -0.3 is 14.6 Å². The van der Waals surface area contributed by atoms with E-state index in [0.29, 0.717) is 41.2 Å². The summed E-state index contributed by atoms with van der Waals surface area (Å²) in [5.41, 5.74) is 3.25. The number of rotatable bonds is 4. The second-order valence-electron chi connectivity index (χ2n) is 6.47. The Balaban J connectivity index is 1.87. The molecule has 7 heteroatoms. The SMILES string of the molecule is COc1ccc(OC)c(C=C2CCc3c2nc2ccc(C(=O)O)cn2c3=O)c1. The number of hydrogen-bond acceptors (Lipinski definition) is 5. The Morgan fingerprint density at radius 2 is 2.00 bits per heavy atom. The Hall–Kier alpha value is -3.61. The minimum Gasteiger partial charge on any atom is -0.497 e. The van der Waals surface area contributed by atoms with Crippen molar-refractivity contribution in [1.82, 2.24) is 9.38 Å². The lowest BCUT2D eigenvalue weighted by Gasteiger charge is -2.09. The highest BCUT2D eigenvalue weighted by atomic mass is 16.5. The first-order valence-electron chi connectivity index (χ1n) is 8.73. The molecule has 1 N–H and O–H groups in total.